The maximum absolute atomic E-state index is 11.4. The molecule has 0 aromatic rings. The van der Waals surface area contributed by atoms with Gasteiger partial charge in [0.2, 0.25) is 5.91 Å². The van der Waals surface area contributed by atoms with Crippen molar-refractivity contribution in [1.82, 2.24) is 9.80 Å². The van der Waals surface area contributed by atoms with Crippen LogP contribution in [0.2, 0.25) is 0 Å². The first-order valence-electron chi connectivity index (χ1n) is 5.03. The molecule has 1 unspecified atom stereocenters. The number of hydrogen-bond acceptors (Lipinski definition) is 3. The smallest absolute Gasteiger partial charge is 0.307 e. The molecule has 0 saturated carbocycles. The van der Waals surface area contributed by atoms with Crippen LogP contribution in [-0.2, 0) is 9.59 Å². The number of likely N-dealkylation sites (N-methyl/N-ethyl adjacent to an activating group) is 2. The van der Waals surface area contributed by atoms with Crippen molar-refractivity contribution in [3.8, 4) is 0 Å². The van der Waals surface area contributed by atoms with Crippen LogP contribution in [0, 0.1) is 5.92 Å². The fourth-order valence-electron chi connectivity index (χ4n) is 1.10. The highest BCUT2D eigenvalue weighted by Crippen LogP contribution is 2.00. The maximum Gasteiger partial charge on any atom is 0.307 e. The minimum atomic E-state index is -0.828. The van der Waals surface area contributed by atoms with Crippen LogP contribution in [0.3, 0.4) is 0 Å². The summed E-state index contributed by atoms with van der Waals surface area (Å²) in [6, 6.07) is 0. The molecular formula is C10H20N2O3. The summed E-state index contributed by atoms with van der Waals surface area (Å²) in [7, 11) is 3.38. The van der Waals surface area contributed by atoms with Crippen molar-refractivity contribution in [1.29, 1.82) is 0 Å². The molecule has 0 aliphatic rings. The van der Waals surface area contributed by atoms with Crippen LogP contribution in [0.5, 0.6) is 0 Å². The number of hydrogen-bond donors (Lipinski definition) is 1. The van der Waals surface area contributed by atoms with Crippen LogP contribution >= 0.6 is 0 Å². The number of carbonyl (C=O) groups excluding carboxylic acids is 1. The van der Waals surface area contributed by atoms with Crippen LogP contribution in [0.15, 0.2) is 0 Å². The highest BCUT2D eigenvalue weighted by Gasteiger charge is 2.17. The van der Waals surface area contributed by atoms with Gasteiger partial charge < -0.3 is 10.0 Å². The van der Waals surface area contributed by atoms with Gasteiger partial charge in [0, 0.05) is 20.6 Å². The highest BCUT2D eigenvalue weighted by atomic mass is 16.4. The van der Waals surface area contributed by atoms with Gasteiger partial charge in [-0.2, -0.15) is 0 Å². The molecule has 0 aromatic carbocycles. The summed E-state index contributed by atoms with van der Waals surface area (Å²) in [6.45, 7) is 4.92. The Labute approximate surface area is 90.7 Å². The molecule has 0 bridgehead atoms. The van der Waals surface area contributed by atoms with Crippen molar-refractivity contribution in [2.24, 2.45) is 5.92 Å². The normalized spacial score (nSPS) is 12.6. The zero-order chi connectivity index (χ0) is 12.0. The predicted molar refractivity (Wildman–Crippen MR) is 57.6 cm³/mol. The van der Waals surface area contributed by atoms with Gasteiger partial charge in [0.1, 0.15) is 0 Å². The van der Waals surface area contributed by atoms with Gasteiger partial charge in [-0.3, -0.25) is 14.5 Å². The molecule has 0 aliphatic carbocycles. The van der Waals surface area contributed by atoms with E-state index in [1.54, 1.807) is 21.0 Å². The zero-order valence-corrected chi connectivity index (χ0v) is 9.86. The van der Waals surface area contributed by atoms with Crippen molar-refractivity contribution >= 4 is 11.9 Å². The Kier molecular flexibility index (Phi) is 5.93. The second-order valence-electron chi connectivity index (χ2n) is 3.86. The molecule has 0 heterocycles. The van der Waals surface area contributed by atoms with Crippen LogP contribution < -0.4 is 0 Å². The Bertz CT molecular complexity index is 229. The summed E-state index contributed by atoms with van der Waals surface area (Å²) in [5.41, 5.74) is 0. The second-order valence-corrected chi connectivity index (χ2v) is 3.86. The van der Waals surface area contributed by atoms with E-state index < -0.39 is 11.9 Å². The number of amides is 1. The van der Waals surface area contributed by atoms with Crippen LogP contribution in [0.4, 0.5) is 0 Å². The molecule has 88 valence electrons. The molecule has 0 saturated heterocycles. The minimum Gasteiger partial charge on any atom is -0.481 e. The Morgan fingerprint density at radius 2 is 1.87 bits per heavy atom. The summed E-state index contributed by atoms with van der Waals surface area (Å²) in [5.74, 6) is -1.28. The quantitative estimate of drug-likeness (QED) is 0.685. The number of carboxylic acid groups (broad SMARTS) is 1. The monoisotopic (exact) mass is 216 g/mol. The van der Waals surface area contributed by atoms with Crippen LogP contribution in [0.25, 0.3) is 0 Å². The molecule has 0 rings (SSSR count). The van der Waals surface area contributed by atoms with Gasteiger partial charge in [0.05, 0.1) is 12.5 Å². The Hall–Kier alpha value is -1.10. The van der Waals surface area contributed by atoms with E-state index in [4.69, 9.17) is 5.11 Å². The van der Waals surface area contributed by atoms with Crippen molar-refractivity contribution in [3.63, 3.8) is 0 Å². The third-order valence-electron chi connectivity index (χ3n) is 2.26. The van der Waals surface area contributed by atoms with E-state index >= 15 is 0 Å². The molecule has 0 aliphatic heterocycles. The molecule has 0 fully saturated rings. The fraction of sp³-hybridized carbons (Fsp3) is 0.800. The van der Waals surface area contributed by atoms with Crippen molar-refractivity contribution in [2.45, 2.75) is 13.8 Å². The summed E-state index contributed by atoms with van der Waals surface area (Å²) >= 11 is 0. The van der Waals surface area contributed by atoms with Gasteiger partial charge in [0.15, 0.2) is 0 Å². The first kappa shape index (κ1) is 13.9. The molecule has 0 spiro atoms. The van der Waals surface area contributed by atoms with Gasteiger partial charge >= 0.3 is 5.97 Å². The summed E-state index contributed by atoms with van der Waals surface area (Å²) in [5, 5.41) is 8.75. The molecule has 0 aromatic heterocycles. The Morgan fingerprint density at radius 3 is 2.20 bits per heavy atom. The third kappa shape index (κ3) is 5.37. The van der Waals surface area contributed by atoms with Crippen molar-refractivity contribution < 1.29 is 14.7 Å². The van der Waals surface area contributed by atoms with E-state index in [0.29, 0.717) is 13.1 Å². The fourth-order valence-corrected chi connectivity index (χ4v) is 1.10. The van der Waals surface area contributed by atoms with Gasteiger partial charge in [-0.1, -0.05) is 13.8 Å². The third-order valence-corrected chi connectivity index (χ3v) is 2.26. The number of aliphatic carboxylic acids is 1. The van der Waals surface area contributed by atoms with Crippen LogP contribution in [-0.4, -0.2) is 60.5 Å². The summed E-state index contributed by atoms with van der Waals surface area (Å²) in [6.07, 6.45) is 0. The highest BCUT2D eigenvalue weighted by molar-refractivity contribution is 5.77. The number of carboxylic acids is 1. The van der Waals surface area contributed by atoms with E-state index in [0.717, 1.165) is 0 Å². The van der Waals surface area contributed by atoms with E-state index in [-0.39, 0.29) is 12.5 Å². The average Bonchev–Trinajstić information content (AvgIpc) is 2.15. The van der Waals surface area contributed by atoms with Crippen molar-refractivity contribution in [3.05, 3.63) is 0 Å². The first-order chi connectivity index (χ1) is 6.88. The van der Waals surface area contributed by atoms with E-state index in [9.17, 15) is 9.59 Å². The summed E-state index contributed by atoms with van der Waals surface area (Å²) in [4.78, 5) is 25.4. The molecule has 15 heavy (non-hydrogen) atoms. The van der Waals surface area contributed by atoms with Gasteiger partial charge in [-0.25, -0.2) is 0 Å². The van der Waals surface area contributed by atoms with Gasteiger partial charge in [-0.15, -0.1) is 0 Å². The molecular weight excluding hydrogens is 196 g/mol. The molecule has 1 amide bonds. The molecule has 0 radical (unpaired) electrons. The Morgan fingerprint density at radius 1 is 1.33 bits per heavy atom. The molecule has 5 nitrogen and oxygen atoms in total. The van der Waals surface area contributed by atoms with Gasteiger partial charge in [-0.05, 0) is 6.54 Å². The van der Waals surface area contributed by atoms with Crippen molar-refractivity contribution in [2.75, 3.05) is 33.7 Å². The lowest BCUT2D eigenvalue weighted by atomic mass is 10.1. The number of nitrogens with zero attached hydrogens (tertiary/aromatic N) is 2. The van der Waals surface area contributed by atoms with E-state index in [2.05, 4.69) is 0 Å². The largest absolute Gasteiger partial charge is 0.481 e. The number of rotatable bonds is 6. The zero-order valence-electron chi connectivity index (χ0n) is 9.86. The average molecular weight is 216 g/mol. The topological polar surface area (TPSA) is 60.9 Å². The SMILES string of the molecule is CCN(CC(=O)N(C)C)CC(C)C(=O)O. The first-order valence-corrected chi connectivity index (χ1v) is 5.03. The molecule has 5 heteroatoms. The summed E-state index contributed by atoms with van der Waals surface area (Å²) < 4.78 is 0. The standard InChI is InChI=1S/C10H20N2O3/c1-5-12(6-8(2)10(14)15)7-9(13)11(3)4/h8H,5-7H2,1-4H3,(H,14,15). The Balaban J connectivity index is 4.14. The molecule has 1 N–H and O–H groups in total. The lowest BCUT2D eigenvalue weighted by molar-refractivity contribution is -0.142. The van der Waals surface area contributed by atoms with Crippen LogP contribution in [0.1, 0.15) is 13.8 Å². The second kappa shape index (κ2) is 6.40. The lowest BCUT2D eigenvalue weighted by Gasteiger charge is -2.23. The maximum atomic E-state index is 11.4. The predicted octanol–water partition coefficient (Wildman–Crippen LogP) is 0.117. The van der Waals surface area contributed by atoms with E-state index in [1.807, 2.05) is 11.8 Å². The minimum absolute atomic E-state index is 0.00515. The van der Waals surface area contributed by atoms with E-state index in [1.165, 1.54) is 4.90 Å². The molecule has 1 atom stereocenters. The number of carbonyl (C=O) groups is 2. The van der Waals surface area contributed by atoms with Gasteiger partial charge in [0.25, 0.3) is 0 Å². The lowest BCUT2D eigenvalue weighted by Crippen LogP contribution is -2.39.